The second kappa shape index (κ2) is 32.0. The molecule has 0 bridgehead atoms. The Morgan fingerprint density at radius 1 is 0.721 bits per heavy atom. The van der Waals surface area contributed by atoms with Gasteiger partial charge in [0.25, 0.3) is 0 Å². The molecule has 0 heterocycles. The highest BCUT2D eigenvalue weighted by molar-refractivity contribution is 7.47. The zero-order valence-electron chi connectivity index (χ0n) is 37.4. The van der Waals surface area contributed by atoms with Gasteiger partial charge in [-0.25, -0.2) is 4.57 Å². The van der Waals surface area contributed by atoms with Gasteiger partial charge >= 0.3 is 19.8 Å². The Hall–Kier alpha value is -2.70. The van der Waals surface area contributed by atoms with Crippen molar-refractivity contribution in [3.63, 3.8) is 0 Å². The van der Waals surface area contributed by atoms with Crippen molar-refractivity contribution in [1.29, 1.82) is 0 Å². The quantitative estimate of drug-likeness (QED) is 0.0261. The van der Waals surface area contributed by atoms with E-state index in [-0.39, 0.29) is 38.4 Å². The van der Waals surface area contributed by atoms with Gasteiger partial charge in [0.05, 0.1) is 49.9 Å². The SMILES string of the molecule is CCCCCCCCCCCCCCCCCC(=O)OC[C@H](COP(=O)(O)OCC[N+](C)(C)C)OC(=O)CCCCCNC(=O)Cc1cccc(Nc2c(Cl)cccc2Cl)c1. The molecule has 0 radical (unpaired) electrons. The van der Waals surface area contributed by atoms with E-state index in [4.69, 9.17) is 41.7 Å². The minimum Gasteiger partial charge on any atom is -0.462 e. The van der Waals surface area contributed by atoms with E-state index in [0.29, 0.717) is 59.0 Å². The molecule has 0 saturated carbocycles. The molecule has 0 aliphatic heterocycles. The van der Waals surface area contributed by atoms with Crippen molar-refractivity contribution in [2.75, 3.05) is 59.4 Å². The molecule has 2 rings (SSSR count). The summed E-state index contributed by atoms with van der Waals surface area (Å²) in [5.74, 6) is -1.11. The average Bonchev–Trinajstić information content (AvgIpc) is 3.19. The third-order valence-corrected chi connectivity index (χ3v) is 11.7. The number of nitrogens with one attached hydrogen (secondary N) is 2. The number of ether oxygens (including phenoxy) is 2. The number of nitrogens with zero attached hydrogens (tertiary/aromatic N) is 1. The Morgan fingerprint density at radius 3 is 1.85 bits per heavy atom. The summed E-state index contributed by atoms with van der Waals surface area (Å²) in [5, 5.41) is 7.11. The largest absolute Gasteiger partial charge is 0.472 e. The highest BCUT2D eigenvalue weighted by Crippen LogP contribution is 2.43. The van der Waals surface area contributed by atoms with E-state index < -0.39 is 32.5 Å². The van der Waals surface area contributed by atoms with Gasteiger partial charge in [0.1, 0.15) is 19.8 Å². The van der Waals surface area contributed by atoms with Crippen LogP contribution in [0.15, 0.2) is 42.5 Å². The van der Waals surface area contributed by atoms with Crippen molar-refractivity contribution in [1.82, 2.24) is 5.32 Å². The van der Waals surface area contributed by atoms with Gasteiger partial charge in [0.2, 0.25) is 5.91 Å². The van der Waals surface area contributed by atoms with Crippen LogP contribution in [0.2, 0.25) is 10.0 Å². The predicted molar refractivity (Wildman–Crippen MR) is 246 cm³/mol. The first-order valence-electron chi connectivity index (χ1n) is 22.5. The second-order valence-corrected chi connectivity index (χ2v) is 19.1. The van der Waals surface area contributed by atoms with Gasteiger partial charge in [0.15, 0.2) is 6.10 Å². The molecule has 0 aliphatic carbocycles. The molecule has 346 valence electrons. The number of carbonyl (C=O) groups excluding carboxylic acids is 3. The predicted octanol–water partition coefficient (Wildman–Crippen LogP) is 11.5. The fourth-order valence-electron chi connectivity index (χ4n) is 6.47. The van der Waals surface area contributed by atoms with Gasteiger partial charge in [-0.3, -0.25) is 23.4 Å². The van der Waals surface area contributed by atoms with Crippen molar-refractivity contribution in [3.8, 4) is 0 Å². The standard InChI is InChI=1S/C46H74Cl2N3O9P/c1-5-6-7-8-9-10-11-12-13-14-15-16-17-18-20-29-44(53)57-36-40(37-59-61(55,56)58-33-32-51(2,3)4)60-45(54)30-21-19-22-31-49-43(52)35-38-25-23-26-39(34-38)50-46-41(47)27-24-28-42(46)48/h23-28,34,40,50H,5-22,29-33,35-37H2,1-4H3,(H-,49,52,55,56)/p+1/t40-/m1/s1. The number of para-hydroxylation sites is 1. The maximum absolute atomic E-state index is 12.8. The normalized spacial score (nSPS) is 13.0. The molecule has 2 aromatic rings. The van der Waals surface area contributed by atoms with Gasteiger partial charge < -0.3 is 29.5 Å². The first-order chi connectivity index (χ1) is 29.2. The number of amides is 1. The van der Waals surface area contributed by atoms with Crippen molar-refractivity contribution >= 4 is 60.2 Å². The van der Waals surface area contributed by atoms with Gasteiger partial charge in [-0.15, -0.1) is 0 Å². The second-order valence-electron chi connectivity index (χ2n) is 16.9. The lowest BCUT2D eigenvalue weighted by Gasteiger charge is -2.24. The number of unbranched alkanes of at least 4 members (excludes halogenated alkanes) is 16. The molecule has 0 aliphatic rings. The molecule has 1 unspecified atom stereocenters. The number of anilines is 2. The summed E-state index contributed by atoms with van der Waals surface area (Å²) in [4.78, 5) is 48.2. The van der Waals surface area contributed by atoms with Gasteiger partial charge in [-0.2, -0.15) is 0 Å². The first-order valence-corrected chi connectivity index (χ1v) is 24.8. The monoisotopic (exact) mass is 914 g/mol. The van der Waals surface area contributed by atoms with Crippen LogP contribution in [0.1, 0.15) is 141 Å². The van der Waals surface area contributed by atoms with Crippen molar-refractivity contribution in [2.24, 2.45) is 0 Å². The number of quaternary nitrogens is 1. The summed E-state index contributed by atoms with van der Waals surface area (Å²) in [5.41, 5.74) is 2.16. The Bertz CT molecular complexity index is 1570. The van der Waals surface area contributed by atoms with Crippen LogP contribution in [0.4, 0.5) is 11.4 Å². The van der Waals surface area contributed by atoms with Crippen LogP contribution in [0, 0.1) is 0 Å². The lowest BCUT2D eigenvalue weighted by molar-refractivity contribution is -0.870. The number of halogens is 2. The molecule has 0 aromatic heterocycles. The Kier molecular flexibility index (Phi) is 28.6. The first kappa shape index (κ1) is 54.4. The zero-order valence-corrected chi connectivity index (χ0v) is 39.8. The summed E-state index contributed by atoms with van der Waals surface area (Å²) in [7, 11) is 1.33. The molecule has 0 fully saturated rings. The van der Waals surface area contributed by atoms with E-state index in [9.17, 15) is 23.8 Å². The van der Waals surface area contributed by atoms with E-state index in [0.717, 1.165) is 30.5 Å². The summed E-state index contributed by atoms with van der Waals surface area (Å²) in [6, 6.07) is 12.7. The summed E-state index contributed by atoms with van der Waals surface area (Å²) in [6.45, 7) is 2.37. The minimum atomic E-state index is -4.44. The van der Waals surface area contributed by atoms with Crippen LogP contribution in [-0.2, 0) is 43.9 Å². The summed E-state index contributed by atoms with van der Waals surface area (Å²) < 4.78 is 34.3. The van der Waals surface area contributed by atoms with Crippen molar-refractivity contribution in [2.45, 2.75) is 148 Å². The van der Waals surface area contributed by atoms with Crippen LogP contribution < -0.4 is 10.6 Å². The number of benzene rings is 2. The van der Waals surface area contributed by atoms with Crippen LogP contribution in [0.25, 0.3) is 0 Å². The van der Waals surface area contributed by atoms with E-state index in [1.54, 1.807) is 18.2 Å². The van der Waals surface area contributed by atoms with Crippen LogP contribution >= 0.6 is 31.0 Å². The van der Waals surface area contributed by atoms with E-state index in [1.807, 2.05) is 45.4 Å². The van der Waals surface area contributed by atoms with Gasteiger partial charge in [-0.05, 0) is 49.1 Å². The Morgan fingerprint density at radius 2 is 1.26 bits per heavy atom. The maximum atomic E-state index is 12.8. The number of rotatable bonds is 36. The van der Waals surface area contributed by atoms with Crippen molar-refractivity contribution < 1.29 is 46.8 Å². The fraction of sp³-hybridized carbons (Fsp3) is 0.674. The number of phosphoric acid groups is 1. The molecular weight excluding hydrogens is 840 g/mol. The molecule has 2 aromatic carbocycles. The topological polar surface area (TPSA) is 149 Å². The lowest BCUT2D eigenvalue weighted by Crippen LogP contribution is -2.37. The van der Waals surface area contributed by atoms with Gasteiger partial charge in [0, 0.05) is 25.1 Å². The number of likely N-dealkylation sites (N-methyl/N-ethyl adjacent to an activating group) is 1. The number of phosphoric ester groups is 1. The molecule has 2 atom stereocenters. The average molecular weight is 916 g/mol. The molecular formula is C46H75Cl2N3O9P+. The molecule has 0 saturated heterocycles. The fourth-order valence-corrected chi connectivity index (χ4v) is 7.71. The minimum absolute atomic E-state index is 0.0126. The molecule has 0 spiro atoms. The number of esters is 2. The highest BCUT2D eigenvalue weighted by Gasteiger charge is 2.27. The maximum Gasteiger partial charge on any atom is 0.472 e. The van der Waals surface area contributed by atoms with Crippen LogP contribution in [0.5, 0.6) is 0 Å². The van der Waals surface area contributed by atoms with Crippen molar-refractivity contribution in [3.05, 3.63) is 58.1 Å². The molecule has 15 heteroatoms. The van der Waals surface area contributed by atoms with Crippen LogP contribution in [0.3, 0.4) is 0 Å². The smallest absolute Gasteiger partial charge is 0.462 e. The van der Waals surface area contributed by atoms with Gasteiger partial charge in [-0.1, -0.05) is 145 Å². The Balaban J connectivity index is 1.68. The highest BCUT2D eigenvalue weighted by atomic mass is 35.5. The molecule has 1 amide bonds. The third kappa shape index (κ3) is 28.6. The molecule has 61 heavy (non-hydrogen) atoms. The van der Waals surface area contributed by atoms with Crippen LogP contribution in [-0.4, -0.2) is 87.4 Å². The zero-order chi connectivity index (χ0) is 44.8. The number of hydrogen-bond acceptors (Lipinski definition) is 9. The molecule has 12 nitrogen and oxygen atoms in total. The summed E-state index contributed by atoms with van der Waals surface area (Å²) >= 11 is 12.6. The summed E-state index contributed by atoms with van der Waals surface area (Å²) in [6.07, 6.45) is 19.6. The Labute approximate surface area is 376 Å². The van der Waals surface area contributed by atoms with E-state index in [2.05, 4.69) is 17.6 Å². The lowest BCUT2D eigenvalue weighted by atomic mass is 10.0. The number of hydrogen-bond donors (Lipinski definition) is 3. The van der Waals surface area contributed by atoms with E-state index in [1.165, 1.54) is 70.6 Å². The third-order valence-electron chi connectivity index (χ3n) is 10.1. The molecule has 3 N–H and O–H groups in total. The van der Waals surface area contributed by atoms with E-state index >= 15 is 0 Å². The number of carbonyl (C=O) groups is 3.